The predicted octanol–water partition coefficient (Wildman–Crippen LogP) is 3.11. The van der Waals surface area contributed by atoms with Gasteiger partial charge in [-0.2, -0.15) is 8.78 Å². The zero-order valence-electron chi connectivity index (χ0n) is 16.7. The normalized spacial score (nSPS) is 28.1. The first kappa shape index (κ1) is 22.1. The summed E-state index contributed by atoms with van der Waals surface area (Å²) in [5, 5.41) is 12.7. The van der Waals surface area contributed by atoms with Crippen molar-refractivity contribution in [3.63, 3.8) is 0 Å². The quantitative estimate of drug-likeness (QED) is 0.650. The van der Waals surface area contributed by atoms with Crippen LogP contribution in [-0.4, -0.2) is 67.1 Å². The van der Waals surface area contributed by atoms with Gasteiger partial charge in [-0.3, -0.25) is 4.90 Å². The summed E-state index contributed by atoms with van der Waals surface area (Å²) in [6.45, 7) is -1.46. The van der Waals surface area contributed by atoms with Crippen molar-refractivity contribution in [1.82, 2.24) is 10.2 Å². The number of likely N-dealkylation sites (tertiary alicyclic amines) is 1. The monoisotopic (exact) mass is 412 g/mol. The third kappa shape index (κ3) is 6.44. The molecular weight excluding hydrogens is 382 g/mol. The molecule has 0 radical (unpaired) electrons. The molecule has 1 aliphatic carbocycles. The van der Waals surface area contributed by atoms with Gasteiger partial charge < -0.3 is 19.9 Å². The molecule has 8 heteroatoms. The summed E-state index contributed by atoms with van der Waals surface area (Å²) in [6, 6.07) is 7.25. The number of hydrogen-bond donors (Lipinski definition) is 2. The lowest BCUT2D eigenvalue weighted by molar-refractivity contribution is -0.139. The van der Waals surface area contributed by atoms with Crippen LogP contribution >= 0.6 is 0 Å². The molecule has 2 N–H and O–H groups in total. The second-order valence-electron chi connectivity index (χ2n) is 7.99. The number of hydrogen-bond acceptors (Lipinski definition) is 5. The molecule has 1 aliphatic heterocycles. The number of halogens is 2. The number of carbonyl (C=O) groups is 1. The van der Waals surface area contributed by atoms with Crippen LogP contribution in [-0.2, 0) is 16.0 Å². The average molecular weight is 412 g/mol. The van der Waals surface area contributed by atoms with E-state index in [0.29, 0.717) is 18.7 Å². The van der Waals surface area contributed by atoms with Gasteiger partial charge in [0.15, 0.2) is 0 Å². The molecule has 1 saturated heterocycles. The molecule has 2 aliphatic rings. The molecule has 162 valence electrons. The molecule has 1 heterocycles. The van der Waals surface area contributed by atoms with Crippen LogP contribution in [0.4, 0.5) is 8.78 Å². The van der Waals surface area contributed by atoms with Crippen LogP contribution in [0.2, 0.25) is 0 Å². The van der Waals surface area contributed by atoms with Gasteiger partial charge in [0, 0.05) is 38.3 Å². The molecule has 2 fully saturated rings. The first-order valence-electron chi connectivity index (χ1n) is 10.2. The lowest BCUT2D eigenvalue weighted by Crippen LogP contribution is -2.42. The van der Waals surface area contributed by atoms with Gasteiger partial charge in [0.05, 0.1) is 18.3 Å². The Bertz CT molecular complexity index is 651. The van der Waals surface area contributed by atoms with Crippen LogP contribution in [0.1, 0.15) is 48.0 Å². The van der Waals surface area contributed by atoms with Crippen molar-refractivity contribution in [1.29, 1.82) is 0 Å². The standard InChI is InChI=1S/C21H30F2N2O4/c1-28-19-8-6-16(7-9-19)24-17-10-18(13-29-21(22)23)25(12-17)11-14-2-4-15(5-3-14)20(26)27/h2-5,16-19,21,24H,6-13H2,1H3,(H,26,27)/t16?,17-,18-,19?/m0/s1. The Morgan fingerprint density at radius 2 is 1.90 bits per heavy atom. The Balaban J connectivity index is 1.58. The number of benzene rings is 1. The summed E-state index contributed by atoms with van der Waals surface area (Å²) in [6.07, 6.45) is 5.29. The van der Waals surface area contributed by atoms with E-state index in [1.54, 1.807) is 31.4 Å². The van der Waals surface area contributed by atoms with Crippen LogP contribution in [0, 0.1) is 0 Å². The van der Waals surface area contributed by atoms with Crippen molar-refractivity contribution in [3.8, 4) is 0 Å². The van der Waals surface area contributed by atoms with Crippen molar-refractivity contribution >= 4 is 5.97 Å². The minimum Gasteiger partial charge on any atom is -0.478 e. The van der Waals surface area contributed by atoms with Crippen LogP contribution in [0.25, 0.3) is 0 Å². The molecule has 0 spiro atoms. The molecule has 2 atom stereocenters. The summed E-state index contributed by atoms with van der Waals surface area (Å²) >= 11 is 0. The second kappa shape index (κ2) is 10.4. The van der Waals surface area contributed by atoms with Crippen molar-refractivity contribution in [3.05, 3.63) is 35.4 Å². The van der Waals surface area contributed by atoms with Crippen molar-refractivity contribution in [2.24, 2.45) is 0 Å². The SMILES string of the molecule is COC1CCC(N[C@H]2C[C@@H](COC(F)F)N(Cc3ccc(C(=O)O)cc3)C2)CC1. The number of carboxylic acid groups (broad SMARTS) is 1. The maximum atomic E-state index is 12.6. The Morgan fingerprint density at radius 3 is 2.48 bits per heavy atom. The first-order valence-corrected chi connectivity index (χ1v) is 10.2. The predicted molar refractivity (Wildman–Crippen MR) is 104 cm³/mol. The van der Waals surface area contributed by atoms with E-state index in [-0.39, 0.29) is 24.3 Å². The van der Waals surface area contributed by atoms with E-state index in [9.17, 15) is 13.6 Å². The Labute approximate surface area is 170 Å². The fourth-order valence-electron chi connectivity index (χ4n) is 4.44. The highest BCUT2D eigenvalue weighted by Crippen LogP contribution is 2.26. The maximum Gasteiger partial charge on any atom is 0.345 e. The molecule has 29 heavy (non-hydrogen) atoms. The highest BCUT2D eigenvalue weighted by atomic mass is 19.3. The third-order valence-electron chi connectivity index (χ3n) is 6.01. The molecule has 0 unspecified atom stereocenters. The Kier molecular flexibility index (Phi) is 7.94. The second-order valence-corrected chi connectivity index (χ2v) is 7.99. The van der Waals surface area contributed by atoms with Crippen molar-refractivity contribution < 1.29 is 28.2 Å². The number of carboxylic acids is 1. The van der Waals surface area contributed by atoms with Crippen LogP contribution in [0.5, 0.6) is 0 Å². The lowest BCUT2D eigenvalue weighted by atomic mass is 9.92. The number of ether oxygens (including phenoxy) is 2. The van der Waals surface area contributed by atoms with Crippen molar-refractivity contribution in [2.75, 3.05) is 20.3 Å². The van der Waals surface area contributed by atoms with Gasteiger partial charge in [0.25, 0.3) is 0 Å². The number of methoxy groups -OCH3 is 1. The van der Waals surface area contributed by atoms with Gasteiger partial charge in [0.1, 0.15) is 0 Å². The van der Waals surface area contributed by atoms with E-state index in [4.69, 9.17) is 9.84 Å². The zero-order chi connectivity index (χ0) is 20.8. The number of rotatable bonds is 9. The van der Waals surface area contributed by atoms with Crippen molar-refractivity contribution in [2.45, 2.75) is 69.5 Å². The summed E-state index contributed by atoms with van der Waals surface area (Å²) in [5.74, 6) is -0.964. The van der Waals surface area contributed by atoms with E-state index < -0.39 is 12.6 Å². The van der Waals surface area contributed by atoms with Gasteiger partial charge in [0.2, 0.25) is 0 Å². The first-order chi connectivity index (χ1) is 13.9. The highest BCUT2D eigenvalue weighted by Gasteiger charge is 2.34. The van der Waals surface area contributed by atoms with E-state index in [1.165, 1.54) is 0 Å². The molecule has 1 saturated carbocycles. The van der Waals surface area contributed by atoms with Gasteiger partial charge >= 0.3 is 12.6 Å². The molecule has 3 rings (SSSR count). The summed E-state index contributed by atoms with van der Waals surface area (Å²) < 4.78 is 35.2. The number of alkyl halides is 2. The smallest absolute Gasteiger partial charge is 0.345 e. The number of nitrogens with one attached hydrogen (secondary N) is 1. The topological polar surface area (TPSA) is 71.0 Å². The molecule has 1 aromatic carbocycles. The molecule has 0 amide bonds. The molecule has 1 aromatic rings. The molecular formula is C21H30F2N2O4. The Hall–Kier alpha value is -1.61. The van der Waals surface area contributed by atoms with Crippen LogP contribution < -0.4 is 5.32 Å². The van der Waals surface area contributed by atoms with Crippen LogP contribution in [0.3, 0.4) is 0 Å². The largest absolute Gasteiger partial charge is 0.478 e. The minimum atomic E-state index is -2.77. The highest BCUT2D eigenvalue weighted by molar-refractivity contribution is 5.87. The average Bonchev–Trinajstić information content (AvgIpc) is 3.08. The van der Waals surface area contributed by atoms with E-state index in [1.807, 2.05) is 0 Å². The van der Waals surface area contributed by atoms with Gasteiger partial charge in [-0.15, -0.1) is 0 Å². The number of nitrogens with zero attached hydrogens (tertiary/aromatic N) is 1. The number of aromatic carboxylic acids is 1. The Morgan fingerprint density at radius 1 is 1.21 bits per heavy atom. The molecule has 6 nitrogen and oxygen atoms in total. The van der Waals surface area contributed by atoms with Gasteiger partial charge in [-0.25, -0.2) is 4.79 Å². The molecule has 0 bridgehead atoms. The maximum absolute atomic E-state index is 12.6. The molecule has 0 aromatic heterocycles. The van der Waals surface area contributed by atoms with Crippen LogP contribution in [0.15, 0.2) is 24.3 Å². The summed E-state index contributed by atoms with van der Waals surface area (Å²) in [7, 11) is 1.75. The minimum absolute atomic E-state index is 0.0144. The van der Waals surface area contributed by atoms with Gasteiger partial charge in [-0.05, 0) is 49.8 Å². The zero-order valence-corrected chi connectivity index (χ0v) is 16.7. The fourth-order valence-corrected chi connectivity index (χ4v) is 4.44. The lowest BCUT2D eigenvalue weighted by Gasteiger charge is -2.30. The van der Waals surface area contributed by atoms with E-state index in [2.05, 4.69) is 15.0 Å². The van der Waals surface area contributed by atoms with E-state index >= 15 is 0 Å². The third-order valence-corrected chi connectivity index (χ3v) is 6.01. The summed E-state index contributed by atoms with van der Waals surface area (Å²) in [5.41, 5.74) is 1.19. The fraction of sp³-hybridized carbons (Fsp3) is 0.667. The van der Waals surface area contributed by atoms with Gasteiger partial charge in [-0.1, -0.05) is 12.1 Å². The summed E-state index contributed by atoms with van der Waals surface area (Å²) in [4.78, 5) is 13.2. The van der Waals surface area contributed by atoms with E-state index in [0.717, 1.165) is 44.2 Å².